The van der Waals surface area contributed by atoms with Crippen molar-refractivity contribution in [2.45, 2.75) is 26.3 Å². The van der Waals surface area contributed by atoms with Crippen LogP contribution in [0, 0.1) is 4.77 Å². The molecule has 2 heterocycles. The lowest BCUT2D eigenvalue weighted by molar-refractivity contribution is 0.695. The number of nitrogens with zero attached hydrogens (tertiary/aromatic N) is 3. The highest BCUT2D eigenvalue weighted by Crippen LogP contribution is 2.32. The van der Waals surface area contributed by atoms with E-state index in [0.717, 1.165) is 31.9 Å². The number of fused-ring (bicyclic) bond motifs is 1. The van der Waals surface area contributed by atoms with Crippen molar-refractivity contribution in [1.82, 2.24) is 14.8 Å². The van der Waals surface area contributed by atoms with E-state index in [9.17, 15) is 0 Å². The van der Waals surface area contributed by atoms with Crippen LogP contribution in [0.3, 0.4) is 0 Å². The summed E-state index contributed by atoms with van der Waals surface area (Å²) in [6.07, 6.45) is 2.30. The van der Waals surface area contributed by atoms with E-state index >= 15 is 0 Å². The van der Waals surface area contributed by atoms with Crippen LogP contribution in [0.15, 0.2) is 24.3 Å². The van der Waals surface area contributed by atoms with Gasteiger partial charge in [-0.3, -0.25) is 4.57 Å². The number of nitrogens with one attached hydrogen (secondary N) is 1. The number of aromatic nitrogens is 3. The van der Waals surface area contributed by atoms with Gasteiger partial charge in [-0.25, -0.2) is 5.10 Å². The summed E-state index contributed by atoms with van der Waals surface area (Å²) in [5, 5.41) is 7.27. The summed E-state index contributed by atoms with van der Waals surface area (Å²) in [5.74, 6) is 0.926. The van der Waals surface area contributed by atoms with Crippen LogP contribution in [-0.2, 0) is 13.0 Å². The predicted molar refractivity (Wildman–Crippen MR) is 74.9 cm³/mol. The van der Waals surface area contributed by atoms with Crippen LogP contribution in [0.2, 0.25) is 0 Å². The third-order valence-corrected chi connectivity index (χ3v) is 3.72. The Bertz CT molecular complexity index is 613. The molecule has 94 valence electrons. The third kappa shape index (κ3) is 1.75. The number of H-pyrrole nitrogens is 1. The monoisotopic (exact) mass is 260 g/mol. The summed E-state index contributed by atoms with van der Waals surface area (Å²) >= 11 is 5.26. The minimum atomic E-state index is 0.690. The van der Waals surface area contributed by atoms with Gasteiger partial charge in [0, 0.05) is 18.8 Å². The van der Waals surface area contributed by atoms with Crippen LogP contribution in [0.5, 0.6) is 0 Å². The largest absolute Gasteiger partial charge is 0.310 e. The second kappa shape index (κ2) is 4.57. The maximum absolute atomic E-state index is 5.26. The van der Waals surface area contributed by atoms with Crippen LogP contribution < -0.4 is 4.90 Å². The van der Waals surface area contributed by atoms with Crippen molar-refractivity contribution in [3.8, 4) is 0 Å². The number of anilines is 2. The molecule has 1 aliphatic heterocycles. The maximum Gasteiger partial charge on any atom is 0.230 e. The van der Waals surface area contributed by atoms with Crippen molar-refractivity contribution < 1.29 is 0 Å². The molecule has 0 bridgehead atoms. The van der Waals surface area contributed by atoms with Crippen LogP contribution in [0.1, 0.15) is 18.9 Å². The van der Waals surface area contributed by atoms with Gasteiger partial charge in [0.15, 0.2) is 4.77 Å². The summed E-state index contributed by atoms with van der Waals surface area (Å²) in [6.45, 7) is 3.92. The van der Waals surface area contributed by atoms with E-state index < -0.39 is 0 Å². The molecule has 0 saturated carbocycles. The van der Waals surface area contributed by atoms with E-state index in [1.165, 1.54) is 11.3 Å². The number of hydrogen-bond donors (Lipinski definition) is 1. The number of aromatic amines is 1. The lowest BCUT2D eigenvalue weighted by Crippen LogP contribution is -2.27. The van der Waals surface area contributed by atoms with E-state index in [0.29, 0.717) is 4.77 Å². The van der Waals surface area contributed by atoms with Crippen LogP contribution in [0.25, 0.3) is 0 Å². The molecule has 0 aliphatic carbocycles. The summed E-state index contributed by atoms with van der Waals surface area (Å²) in [5.41, 5.74) is 2.65. The van der Waals surface area contributed by atoms with Crippen molar-refractivity contribution in [1.29, 1.82) is 0 Å². The molecule has 5 heteroatoms. The first-order valence-electron chi connectivity index (χ1n) is 6.32. The Morgan fingerprint density at radius 3 is 3.06 bits per heavy atom. The molecule has 0 unspecified atom stereocenters. The number of hydrogen-bond acceptors (Lipinski definition) is 3. The Kier molecular flexibility index (Phi) is 2.91. The zero-order valence-electron chi connectivity index (χ0n) is 10.4. The Balaban J connectivity index is 2.11. The van der Waals surface area contributed by atoms with Gasteiger partial charge in [0.2, 0.25) is 5.95 Å². The second-order valence-corrected chi connectivity index (χ2v) is 4.84. The van der Waals surface area contributed by atoms with E-state index in [1.807, 2.05) is 4.57 Å². The van der Waals surface area contributed by atoms with Crippen molar-refractivity contribution >= 4 is 23.9 Å². The van der Waals surface area contributed by atoms with Crippen LogP contribution in [0.4, 0.5) is 11.6 Å². The predicted octanol–water partition coefficient (Wildman–Crippen LogP) is 3.04. The molecule has 0 atom stereocenters. The first-order valence-corrected chi connectivity index (χ1v) is 6.72. The maximum atomic E-state index is 5.26. The van der Waals surface area contributed by atoms with Gasteiger partial charge in [-0.1, -0.05) is 18.2 Å². The van der Waals surface area contributed by atoms with E-state index in [4.69, 9.17) is 12.2 Å². The van der Waals surface area contributed by atoms with Crippen molar-refractivity contribution in [2.75, 3.05) is 11.4 Å². The molecule has 2 aromatic rings. The topological polar surface area (TPSA) is 36.9 Å². The lowest BCUT2D eigenvalue weighted by atomic mass is 10.0. The van der Waals surface area contributed by atoms with Crippen LogP contribution >= 0.6 is 12.2 Å². The zero-order valence-corrected chi connectivity index (χ0v) is 11.2. The Morgan fingerprint density at radius 1 is 1.39 bits per heavy atom. The van der Waals surface area contributed by atoms with E-state index in [-0.39, 0.29) is 0 Å². The Hall–Kier alpha value is -1.62. The third-order valence-electron chi connectivity index (χ3n) is 3.41. The van der Waals surface area contributed by atoms with Gasteiger partial charge >= 0.3 is 0 Å². The normalized spacial score (nSPS) is 14.6. The SMILES string of the molecule is CCn1c(N2CCCc3ccccc32)n[nH]c1=S. The number of rotatable bonds is 2. The van der Waals surface area contributed by atoms with Crippen molar-refractivity contribution in [2.24, 2.45) is 0 Å². The fourth-order valence-corrected chi connectivity index (χ4v) is 2.80. The summed E-state index contributed by atoms with van der Waals surface area (Å²) in [6, 6.07) is 8.53. The molecule has 0 fully saturated rings. The molecule has 0 saturated heterocycles. The minimum Gasteiger partial charge on any atom is -0.310 e. The molecule has 0 radical (unpaired) electrons. The molecule has 18 heavy (non-hydrogen) atoms. The Morgan fingerprint density at radius 2 is 2.22 bits per heavy atom. The van der Waals surface area contributed by atoms with Crippen molar-refractivity contribution in [3.05, 3.63) is 34.6 Å². The number of benzene rings is 1. The van der Waals surface area contributed by atoms with Crippen molar-refractivity contribution in [3.63, 3.8) is 0 Å². The van der Waals surface area contributed by atoms with Gasteiger partial charge < -0.3 is 4.90 Å². The Labute approximate surface area is 111 Å². The fraction of sp³-hybridized carbons (Fsp3) is 0.385. The molecule has 1 aromatic heterocycles. The van der Waals surface area contributed by atoms with Gasteiger partial charge in [-0.2, -0.15) is 0 Å². The smallest absolute Gasteiger partial charge is 0.230 e. The summed E-state index contributed by atoms with van der Waals surface area (Å²) in [7, 11) is 0. The molecule has 1 aliphatic rings. The number of para-hydroxylation sites is 1. The van der Waals surface area contributed by atoms with E-state index in [1.54, 1.807) is 0 Å². The second-order valence-electron chi connectivity index (χ2n) is 4.46. The molecule has 3 rings (SSSR count). The summed E-state index contributed by atoms with van der Waals surface area (Å²) < 4.78 is 2.73. The van der Waals surface area contributed by atoms with Gasteiger partial charge in [0.25, 0.3) is 0 Å². The number of aryl methyl sites for hydroxylation is 1. The van der Waals surface area contributed by atoms with Crippen LogP contribution in [-0.4, -0.2) is 21.3 Å². The highest BCUT2D eigenvalue weighted by Gasteiger charge is 2.21. The van der Waals surface area contributed by atoms with Gasteiger partial charge in [0.1, 0.15) is 0 Å². The van der Waals surface area contributed by atoms with Gasteiger partial charge in [0.05, 0.1) is 0 Å². The highest BCUT2D eigenvalue weighted by atomic mass is 32.1. The van der Waals surface area contributed by atoms with Gasteiger partial charge in [-0.05, 0) is 43.6 Å². The molecular formula is C13H16N4S. The molecule has 0 spiro atoms. The quantitative estimate of drug-likeness (QED) is 0.843. The average molecular weight is 260 g/mol. The van der Waals surface area contributed by atoms with Gasteiger partial charge in [-0.15, -0.1) is 5.10 Å². The first-order chi connectivity index (χ1) is 8.81. The average Bonchev–Trinajstić information content (AvgIpc) is 2.79. The first kappa shape index (κ1) is 11.5. The minimum absolute atomic E-state index is 0.690. The molecule has 4 nitrogen and oxygen atoms in total. The zero-order chi connectivity index (χ0) is 12.5. The standard InChI is InChI=1S/C13H16N4S/c1-2-16-12(14-15-13(16)18)17-9-5-7-10-6-3-4-8-11(10)17/h3-4,6,8H,2,5,7,9H2,1H3,(H,15,18). The molecular weight excluding hydrogens is 244 g/mol. The highest BCUT2D eigenvalue weighted by molar-refractivity contribution is 7.71. The summed E-state index contributed by atoms with van der Waals surface area (Å²) in [4.78, 5) is 2.26. The molecule has 0 amide bonds. The molecule has 1 N–H and O–H groups in total. The lowest BCUT2D eigenvalue weighted by Gasteiger charge is -2.30. The fourth-order valence-electron chi connectivity index (χ4n) is 2.54. The van der Waals surface area contributed by atoms with E-state index in [2.05, 4.69) is 46.3 Å². The molecule has 1 aromatic carbocycles.